The van der Waals surface area contributed by atoms with E-state index in [0.29, 0.717) is 13.2 Å². The summed E-state index contributed by atoms with van der Waals surface area (Å²) in [6.45, 7) is 4.68. The van der Waals surface area contributed by atoms with Crippen molar-refractivity contribution in [3.05, 3.63) is 41.5 Å². The number of hydrogen-bond acceptors (Lipinski definition) is 5. The Morgan fingerprint density at radius 1 is 1.25 bits per heavy atom. The maximum Gasteiger partial charge on any atom is 0.192 e. The minimum atomic E-state index is 0.155. The van der Waals surface area contributed by atoms with Gasteiger partial charge in [0.05, 0.1) is 18.8 Å². The van der Waals surface area contributed by atoms with Gasteiger partial charge in [0.15, 0.2) is 11.8 Å². The first-order chi connectivity index (χ1) is 13.7. The SMILES string of the molecule is Cc1nnc(CN=C(NCC2CCCO2)NC2CCOc3ccccc32)n1C. The van der Waals surface area contributed by atoms with E-state index in [0.717, 1.165) is 61.3 Å². The highest BCUT2D eigenvalue weighted by atomic mass is 16.5. The van der Waals surface area contributed by atoms with Crippen molar-refractivity contribution in [3.8, 4) is 5.75 Å². The zero-order chi connectivity index (χ0) is 19.3. The molecule has 28 heavy (non-hydrogen) atoms. The first-order valence-electron chi connectivity index (χ1n) is 9.94. The minimum absolute atomic E-state index is 0.155. The Morgan fingerprint density at radius 3 is 2.93 bits per heavy atom. The van der Waals surface area contributed by atoms with E-state index in [4.69, 9.17) is 14.5 Å². The number of ether oxygens (including phenoxy) is 2. The molecule has 1 saturated heterocycles. The first kappa shape index (κ1) is 18.7. The van der Waals surface area contributed by atoms with E-state index < -0.39 is 0 Å². The van der Waals surface area contributed by atoms with Crippen LogP contribution in [0.5, 0.6) is 5.75 Å². The Morgan fingerprint density at radius 2 is 2.14 bits per heavy atom. The van der Waals surface area contributed by atoms with Crippen molar-refractivity contribution < 1.29 is 9.47 Å². The summed E-state index contributed by atoms with van der Waals surface area (Å²) in [5.41, 5.74) is 1.16. The van der Waals surface area contributed by atoms with Crippen LogP contribution in [0.2, 0.25) is 0 Å². The zero-order valence-corrected chi connectivity index (χ0v) is 16.5. The molecule has 2 atom stereocenters. The van der Waals surface area contributed by atoms with Crippen LogP contribution in [-0.2, 0) is 18.3 Å². The quantitative estimate of drug-likeness (QED) is 0.605. The van der Waals surface area contributed by atoms with E-state index in [1.807, 2.05) is 36.7 Å². The Hall–Kier alpha value is -2.61. The standard InChI is InChI=1S/C20H28N6O2/c1-14-24-25-19(26(14)2)13-22-20(21-12-15-6-5-10-27-15)23-17-9-11-28-18-8-4-3-7-16(17)18/h3-4,7-8,15,17H,5-6,9-13H2,1-2H3,(H2,21,22,23). The maximum atomic E-state index is 5.78. The number of aliphatic imine (C=N–C) groups is 1. The van der Waals surface area contributed by atoms with Crippen molar-refractivity contribution in [1.29, 1.82) is 0 Å². The molecule has 8 nitrogen and oxygen atoms in total. The van der Waals surface area contributed by atoms with Crippen LogP contribution in [0, 0.1) is 6.92 Å². The van der Waals surface area contributed by atoms with Gasteiger partial charge in [-0.05, 0) is 25.8 Å². The van der Waals surface area contributed by atoms with Gasteiger partial charge < -0.3 is 24.7 Å². The van der Waals surface area contributed by atoms with Gasteiger partial charge in [-0.3, -0.25) is 0 Å². The fraction of sp³-hybridized carbons (Fsp3) is 0.550. The number of aryl methyl sites for hydroxylation is 1. The summed E-state index contributed by atoms with van der Waals surface area (Å²) < 4.78 is 13.5. The summed E-state index contributed by atoms with van der Waals surface area (Å²) in [6.07, 6.45) is 3.34. The monoisotopic (exact) mass is 384 g/mol. The Balaban J connectivity index is 1.49. The number of guanidine groups is 1. The van der Waals surface area contributed by atoms with E-state index in [9.17, 15) is 0 Å². The van der Waals surface area contributed by atoms with Gasteiger partial charge in [0.2, 0.25) is 0 Å². The molecule has 2 N–H and O–H groups in total. The lowest BCUT2D eigenvalue weighted by atomic mass is 10.0. The Bertz CT molecular complexity index is 828. The Labute approximate surface area is 165 Å². The maximum absolute atomic E-state index is 5.78. The molecule has 2 unspecified atom stereocenters. The largest absolute Gasteiger partial charge is 0.493 e. The lowest BCUT2D eigenvalue weighted by Crippen LogP contribution is -2.43. The average molecular weight is 384 g/mol. The van der Waals surface area contributed by atoms with Gasteiger partial charge in [-0.25, -0.2) is 4.99 Å². The molecular formula is C20H28N6O2. The summed E-state index contributed by atoms with van der Waals surface area (Å²) in [4.78, 5) is 4.77. The fourth-order valence-electron chi connectivity index (χ4n) is 3.56. The van der Waals surface area contributed by atoms with Crippen LogP contribution >= 0.6 is 0 Å². The molecule has 2 aliphatic heterocycles. The second-order valence-corrected chi connectivity index (χ2v) is 7.28. The van der Waals surface area contributed by atoms with E-state index in [1.165, 1.54) is 0 Å². The van der Waals surface area contributed by atoms with E-state index in [2.05, 4.69) is 26.9 Å². The van der Waals surface area contributed by atoms with Crippen molar-refractivity contribution in [2.24, 2.45) is 12.0 Å². The molecule has 0 radical (unpaired) electrons. The van der Waals surface area contributed by atoms with Crippen molar-refractivity contribution in [2.75, 3.05) is 19.8 Å². The predicted octanol–water partition coefficient (Wildman–Crippen LogP) is 1.86. The number of para-hydroxylation sites is 1. The lowest BCUT2D eigenvalue weighted by Gasteiger charge is -2.28. The van der Waals surface area contributed by atoms with Crippen LogP contribution in [-0.4, -0.2) is 46.6 Å². The highest BCUT2D eigenvalue weighted by Gasteiger charge is 2.23. The molecule has 8 heteroatoms. The van der Waals surface area contributed by atoms with Gasteiger partial charge in [0.1, 0.15) is 18.1 Å². The third kappa shape index (κ3) is 4.27. The highest BCUT2D eigenvalue weighted by molar-refractivity contribution is 5.80. The van der Waals surface area contributed by atoms with Gasteiger partial charge in [-0.2, -0.15) is 0 Å². The van der Waals surface area contributed by atoms with Crippen LogP contribution in [0.3, 0.4) is 0 Å². The van der Waals surface area contributed by atoms with Crippen LogP contribution in [0.4, 0.5) is 0 Å². The van der Waals surface area contributed by atoms with Gasteiger partial charge in [0.25, 0.3) is 0 Å². The number of nitrogens with zero attached hydrogens (tertiary/aromatic N) is 4. The molecule has 3 heterocycles. The van der Waals surface area contributed by atoms with Gasteiger partial charge >= 0.3 is 0 Å². The van der Waals surface area contributed by atoms with Crippen molar-refractivity contribution in [1.82, 2.24) is 25.4 Å². The van der Waals surface area contributed by atoms with E-state index in [1.54, 1.807) is 0 Å². The Kier molecular flexibility index (Phi) is 5.76. The third-order valence-electron chi connectivity index (χ3n) is 5.35. The van der Waals surface area contributed by atoms with E-state index in [-0.39, 0.29) is 12.1 Å². The van der Waals surface area contributed by atoms with Crippen LogP contribution < -0.4 is 15.4 Å². The molecule has 1 fully saturated rings. The number of fused-ring (bicyclic) bond motifs is 1. The summed E-state index contributed by atoms with van der Waals surface area (Å²) >= 11 is 0. The molecule has 1 aromatic heterocycles. The second-order valence-electron chi connectivity index (χ2n) is 7.28. The summed E-state index contributed by atoms with van der Waals surface area (Å²) in [6, 6.07) is 8.32. The molecule has 4 rings (SSSR count). The normalized spacial score (nSPS) is 21.9. The van der Waals surface area contributed by atoms with E-state index >= 15 is 0 Å². The number of benzene rings is 1. The summed E-state index contributed by atoms with van der Waals surface area (Å²) in [7, 11) is 1.96. The molecule has 0 saturated carbocycles. The van der Waals surface area contributed by atoms with Crippen LogP contribution in [0.15, 0.2) is 29.3 Å². The number of nitrogens with one attached hydrogen (secondary N) is 2. The average Bonchev–Trinajstić information content (AvgIpc) is 3.35. The fourth-order valence-corrected chi connectivity index (χ4v) is 3.56. The predicted molar refractivity (Wildman–Crippen MR) is 106 cm³/mol. The molecule has 2 aliphatic rings. The smallest absolute Gasteiger partial charge is 0.192 e. The number of rotatable bonds is 5. The first-order valence-corrected chi connectivity index (χ1v) is 9.94. The third-order valence-corrected chi connectivity index (χ3v) is 5.35. The number of hydrogen-bond donors (Lipinski definition) is 2. The molecule has 0 bridgehead atoms. The lowest BCUT2D eigenvalue weighted by molar-refractivity contribution is 0.113. The van der Waals surface area contributed by atoms with Crippen LogP contribution in [0.25, 0.3) is 0 Å². The molecular weight excluding hydrogens is 356 g/mol. The number of aromatic nitrogens is 3. The van der Waals surface area contributed by atoms with Gasteiger partial charge in [-0.1, -0.05) is 18.2 Å². The topological polar surface area (TPSA) is 85.6 Å². The molecule has 2 aromatic rings. The van der Waals surface area contributed by atoms with Crippen molar-refractivity contribution >= 4 is 5.96 Å². The van der Waals surface area contributed by atoms with Crippen molar-refractivity contribution in [3.63, 3.8) is 0 Å². The molecule has 150 valence electrons. The minimum Gasteiger partial charge on any atom is -0.493 e. The zero-order valence-electron chi connectivity index (χ0n) is 16.5. The molecule has 1 aromatic carbocycles. The molecule has 0 aliphatic carbocycles. The summed E-state index contributed by atoms with van der Waals surface area (Å²) in [5, 5.41) is 15.4. The van der Waals surface area contributed by atoms with Crippen molar-refractivity contribution in [2.45, 2.75) is 44.9 Å². The molecule has 0 spiro atoms. The summed E-state index contributed by atoms with van der Waals surface area (Å²) in [5.74, 6) is 3.42. The van der Waals surface area contributed by atoms with Gasteiger partial charge in [-0.15, -0.1) is 10.2 Å². The van der Waals surface area contributed by atoms with Crippen LogP contribution in [0.1, 0.15) is 42.5 Å². The second kappa shape index (κ2) is 8.60. The van der Waals surface area contributed by atoms with Gasteiger partial charge in [0, 0.05) is 32.2 Å². The molecule has 0 amide bonds. The highest BCUT2D eigenvalue weighted by Crippen LogP contribution is 2.31.